The molecule has 0 radical (unpaired) electrons. The molecule has 0 aliphatic carbocycles. The predicted octanol–water partition coefficient (Wildman–Crippen LogP) is 5.13. The van der Waals surface area contributed by atoms with Crippen molar-refractivity contribution in [3.63, 3.8) is 0 Å². The van der Waals surface area contributed by atoms with Crippen LogP contribution in [0.5, 0.6) is 0 Å². The lowest BCUT2D eigenvalue weighted by Crippen LogP contribution is -2.30. The third-order valence-corrected chi connectivity index (χ3v) is 4.66. The highest BCUT2D eigenvalue weighted by Gasteiger charge is 2.33. The molecule has 0 aliphatic rings. The average molecular weight is 302 g/mol. The Kier molecular flexibility index (Phi) is 4.85. The number of nitrogens with zero attached hydrogens (tertiary/aromatic N) is 1. The smallest absolute Gasteiger partial charge is 0.116 e. The van der Waals surface area contributed by atoms with Gasteiger partial charge < -0.3 is 4.90 Å². The van der Waals surface area contributed by atoms with Crippen LogP contribution in [0.1, 0.15) is 45.7 Å². The molecule has 1 aromatic rings. The molecule has 0 amide bonds. The third kappa shape index (κ3) is 3.58. The predicted molar refractivity (Wildman–Crippen MR) is 88.0 cm³/mol. The SMILES string of the molecule is CN(C)c1ccc(C(C)(C)C(Cl)Cl)c(C(C)(C)C)c1. The highest BCUT2D eigenvalue weighted by Crippen LogP contribution is 2.40. The van der Waals surface area contributed by atoms with Gasteiger partial charge in [0.05, 0.1) is 0 Å². The second-order valence-corrected chi connectivity index (χ2v) is 7.99. The van der Waals surface area contributed by atoms with Gasteiger partial charge >= 0.3 is 0 Å². The summed E-state index contributed by atoms with van der Waals surface area (Å²) in [5.74, 6) is 0. The van der Waals surface area contributed by atoms with Gasteiger partial charge in [-0.25, -0.2) is 0 Å². The lowest BCUT2D eigenvalue weighted by Gasteiger charge is -2.34. The van der Waals surface area contributed by atoms with E-state index in [0.717, 1.165) is 0 Å². The zero-order chi connectivity index (χ0) is 15.0. The Balaban J connectivity index is 3.49. The molecule has 0 atom stereocenters. The van der Waals surface area contributed by atoms with E-state index in [2.05, 4.69) is 71.8 Å². The van der Waals surface area contributed by atoms with E-state index in [4.69, 9.17) is 23.2 Å². The van der Waals surface area contributed by atoms with Crippen LogP contribution in [-0.2, 0) is 10.8 Å². The summed E-state index contributed by atoms with van der Waals surface area (Å²) in [6, 6.07) is 6.53. The van der Waals surface area contributed by atoms with Gasteiger partial charge in [-0.15, -0.1) is 23.2 Å². The molecular weight excluding hydrogens is 277 g/mol. The first-order chi connectivity index (χ1) is 8.48. The summed E-state index contributed by atoms with van der Waals surface area (Å²) in [5, 5.41) is 0. The number of anilines is 1. The summed E-state index contributed by atoms with van der Waals surface area (Å²) < 4.78 is 0. The van der Waals surface area contributed by atoms with E-state index >= 15 is 0 Å². The van der Waals surface area contributed by atoms with E-state index in [9.17, 15) is 0 Å². The van der Waals surface area contributed by atoms with E-state index in [1.54, 1.807) is 0 Å². The third-order valence-electron chi connectivity index (χ3n) is 3.57. The van der Waals surface area contributed by atoms with Crippen molar-refractivity contribution in [1.82, 2.24) is 0 Å². The van der Waals surface area contributed by atoms with Gasteiger partial charge in [0.2, 0.25) is 0 Å². The minimum Gasteiger partial charge on any atom is -0.378 e. The van der Waals surface area contributed by atoms with E-state index < -0.39 is 4.84 Å². The lowest BCUT2D eigenvalue weighted by atomic mass is 9.75. The van der Waals surface area contributed by atoms with E-state index in [1.807, 2.05) is 0 Å². The maximum absolute atomic E-state index is 6.18. The standard InChI is InChI=1S/C16H25Cl2N/c1-15(2,3)13-10-11(19(6)7)8-9-12(13)16(4,5)14(17)18/h8-10,14H,1-7H3. The van der Waals surface area contributed by atoms with Crippen LogP contribution in [0.15, 0.2) is 18.2 Å². The Hall–Kier alpha value is -0.400. The van der Waals surface area contributed by atoms with Gasteiger partial charge in [0.25, 0.3) is 0 Å². The molecule has 0 saturated heterocycles. The van der Waals surface area contributed by atoms with Gasteiger partial charge in [0.15, 0.2) is 0 Å². The van der Waals surface area contributed by atoms with Gasteiger partial charge in [-0.05, 0) is 28.7 Å². The summed E-state index contributed by atoms with van der Waals surface area (Å²) in [5.41, 5.74) is 3.51. The summed E-state index contributed by atoms with van der Waals surface area (Å²) in [7, 11) is 4.11. The summed E-state index contributed by atoms with van der Waals surface area (Å²) in [6.45, 7) is 10.9. The number of alkyl halides is 2. The van der Waals surface area contributed by atoms with Crippen LogP contribution in [-0.4, -0.2) is 18.9 Å². The maximum Gasteiger partial charge on any atom is 0.116 e. The molecule has 0 aliphatic heterocycles. The molecule has 19 heavy (non-hydrogen) atoms. The zero-order valence-electron chi connectivity index (χ0n) is 13.0. The van der Waals surface area contributed by atoms with Crippen molar-refractivity contribution >= 4 is 28.9 Å². The van der Waals surface area contributed by atoms with Crippen molar-refractivity contribution in [2.24, 2.45) is 0 Å². The van der Waals surface area contributed by atoms with Gasteiger partial charge in [-0.2, -0.15) is 0 Å². The summed E-state index contributed by atoms with van der Waals surface area (Å²) in [6.07, 6.45) is 0. The van der Waals surface area contributed by atoms with Crippen molar-refractivity contribution in [2.45, 2.75) is 50.3 Å². The molecule has 1 rings (SSSR count). The maximum atomic E-state index is 6.18. The topological polar surface area (TPSA) is 3.24 Å². The Morgan fingerprint density at radius 3 is 1.84 bits per heavy atom. The Morgan fingerprint density at radius 2 is 1.47 bits per heavy atom. The molecule has 0 spiro atoms. The lowest BCUT2D eigenvalue weighted by molar-refractivity contribution is 0.520. The summed E-state index contributed by atoms with van der Waals surface area (Å²) in [4.78, 5) is 1.68. The Labute approximate surface area is 127 Å². The number of hydrogen-bond acceptors (Lipinski definition) is 1. The molecule has 0 unspecified atom stereocenters. The van der Waals surface area contributed by atoms with Crippen molar-refractivity contribution in [3.05, 3.63) is 29.3 Å². The average Bonchev–Trinajstić information content (AvgIpc) is 2.26. The Morgan fingerprint density at radius 1 is 0.947 bits per heavy atom. The number of benzene rings is 1. The molecule has 3 heteroatoms. The second-order valence-electron chi connectivity index (χ2n) is 6.90. The number of rotatable bonds is 3. The first-order valence-corrected chi connectivity index (χ1v) is 7.45. The van der Waals surface area contributed by atoms with Crippen LogP contribution in [0.25, 0.3) is 0 Å². The van der Waals surface area contributed by atoms with Crippen LogP contribution < -0.4 is 4.90 Å². The molecule has 0 N–H and O–H groups in total. The zero-order valence-corrected chi connectivity index (χ0v) is 14.5. The van der Waals surface area contributed by atoms with Crippen LogP contribution in [0.3, 0.4) is 0 Å². The normalized spacial score (nSPS) is 12.9. The van der Waals surface area contributed by atoms with E-state index in [1.165, 1.54) is 16.8 Å². The fourth-order valence-corrected chi connectivity index (χ4v) is 2.35. The van der Waals surface area contributed by atoms with Crippen molar-refractivity contribution in [1.29, 1.82) is 0 Å². The molecule has 1 aromatic carbocycles. The van der Waals surface area contributed by atoms with Gasteiger partial charge in [0.1, 0.15) is 4.84 Å². The monoisotopic (exact) mass is 301 g/mol. The first-order valence-electron chi connectivity index (χ1n) is 6.58. The molecule has 0 fully saturated rings. The minimum atomic E-state index is -0.432. The molecular formula is C16H25Cl2N. The van der Waals surface area contributed by atoms with Gasteiger partial charge in [0, 0.05) is 25.2 Å². The van der Waals surface area contributed by atoms with Crippen molar-refractivity contribution < 1.29 is 0 Å². The molecule has 108 valence electrons. The minimum absolute atomic E-state index is 0.0568. The van der Waals surface area contributed by atoms with Crippen LogP contribution >= 0.6 is 23.2 Å². The fraction of sp³-hybridized carbons (Fsp3) is 0.625. The van der Waals surface area contributed by atoms with Crippen molar-refractivity contribution in [3.8, 4) is 0 Å². The van der Waals surface area contributed by atoms with Crippen LogP contribution in [0.4, 0.5) is 5.69 Å². The Bertz CT molecular complexity index is 443. The molecule has 0 saturated carbocycles. The van der Waals surface area contributed by atoms with E-state index in [0.29, 0.717) is 0 Å². The van der Waals surface area contributed by atoms with Gasteiger partial charge in [-0.1, -0.05) is 40.7 Å². The second kappa shape index (κ2) is 5.54. The van der Waals surface area contributed by atoms with Gasteiger partial charge in [-0.3, -0.25) is 0 Å². The van der Waals surface area contributed by atoms with Crippen LogP contribution in [0.2, 0.25) is 0 Å². The highest BCUT2D eigenvalue weighted by molar-refractivity contribution is 6.45. The van der Waals surface area contributed by atoms with Crippen molar-refractivity contribution in [2.75, 3.05) is 19.0 Å². The molecule has 0 aromatic heterocycles. The highest BCUT2D eigenvalue weighted by atomic mass is 35.5. The van der Waals surface area contributed by atoms with E-state index in [-0.39, 0.29) is 10.8 Å². The van der Waals surface area contributed by atoms with Crippen LogP contribution in [0, 0.1) is 0 Å². The first kappa shape index (κ1) is 16.7. The molecule has 1 nitrogen and oxygen atoms in total. The number of halogens is 2. The fourth-order valence-electron chi connectivity index (χ4n) is 2.11. The quantitative estimate of drug-likeness (QED) is 0.699. The largest absolute Gasteiger partial charge is 0.378 e. The molecule has 0 bridgehead atoms. The molecule has 0 heterocycles. The summed E-state index contributed by atoms with van der Waals surface area (Å²) >= 11 is 12.4. The number of hydrogen-bond donors (Lipinski definition) is 0.